The molecule has 1 amide bonds. The molecule has 1 atom stereocenters. The van der Waals surface area contributed by atoms with Crippen LogP contribution in [0.3, 0.4) is 0 Å². The quantitative estimate of drug-likeness (QED) is 0.892. The van der Waals surface area contributed by atoms with Gasteiger partial charge in [0.1, 0.15) is 5.82 Å². The average molecular weight is 287 g/mol. The fourth-order valence-electron chi connectivity index (χ4n) is 2.30. The van der Waals surface area contributed by atoms with E-state index < -0.39 is 0 Å². The van der Waals surface area contributed by atoms with Gasteiger partial charge in [-0.25, -0.2) is 4.39 Å². The van der Waals surface area contributed by atoms with E-state index in [0.29, 0.717) is 18.2 Å². The highest BCUT2D eigenvalue weighted by atomic mass is 35.5. The molecular formula is C14H20ClFN2O. The Morgan fingerprint density at radius 3 is 3.00 bits per heavy atom. The average Bonchev–Trinajstić information content (AvgIpc) is 2.85. The number of aryl methyl sites for hydroxylation is 1. The van der Waals surface area contributed by atoms with Gasteiger partial charge in [-0.15, -0.1) is 12.4 Å². The SMILES string of the molecule is Cc1ccc(F)cc1C(=O)NCC[C@H]1CCCN1.Cl. The van der Waals surface area contributed by atoms with Crippen molar-refractivity contribution >= 4 is 18.3 Å². The smallest absolute Gasteiger partial charge is 0.251 e. The Hall–Kier alpha value is -1.13. The molecule has 1 aromatic rings. The Labute approximate surface area is 119 Å². The van der Waals surface area contributed by atoms with E-state index in [-0.39, 0.29) is 24.1 Å². The molecule has 1 aliphatic heterocycles. The standard InChI is InChI=1S/C14H19FN2O.ClH/c1-10-4-5-11(15)9-13(10)14(18)17-8-6-12-3-2-7-16-12;/h4-5,9,12,16H,2-3,6-8H2,1H3,(H,17,18);1H/t12-;/m1./s1. The van der Waals surface area contributed by atoms with E-state index >= 15 is 0 Å². The summed E-state index contributed by atoms with van der Waals surface area (Å²) >= 11 is 0. The van der Waals surface area contributed by atoms with Crippen molar-refractivity contribution in [1.82, 2.24) is 10.6 Å². The van der Waals surface area contributed by atoms with Gasteiger partial charge in [-0.2, -0.15) is 0 Å². The summed E-state index contributed by atoms with van der Waals surface area (Å²) < 4.78 is 13.1. The number of amides is 1. The maximum atomic E-state index is 13.1. The lowest BCUT2D eigenvalue weighted by atomic mass is 10.1. The van der Waals surface area contributed by atoms with Crippen LogP contribution in [0.25, 0.3) is 0 Å². The van der Waals surface area contributed by atoms with Gasteiger partial charge in [0.25, 0.3) is 5.91 Å². The van der Waals surface area contributed by atoms with Gasteiger partial charge in [0, 0.05) is 18.2 Å². The predicted molar refractivity (Wildman–Crippen MR) is 76.4 cm³/mol. The van der Waals surface area contributed by atoms with Gasteiger partial charge in [-0.05, 0) is 50.4 Å². The molecule has 0 unspecified atom stereocenters. The first kappa shape index (κ1) is 15.9. The third-order valence-electron chi connectivity index (χ3n) is 3.38. The lowest BCUT2D eigenvalue weighted by Gasteiger charge is -2.11. The molecule has 1 saturated heterocycles. The van der Waals surface area contributed by atoms with Gasteiger partial charge in [-0.3, -0.25) is 4.79 Å². The molecule has 1 aliphatic rings. The molecule has 0 bridgehead atoms. The van der Waals surface area contributed by atoms with Crippen LogP contribution in [-0.4, -0.2) is 25.0 Å². The van der Waals surface area contributed by atoms with Crippen LogP contribution in [0.5, 0.6) is 0 Å². The molecule has 2 rings (SSSR count). The second-order valence-corrected chi connectivity index (χ2v) is 4.80. The highest BCUT2D eigenvalue weighted by molar-refractivity contribution is 5.95. The third-order valence-corrected chi connectivity index (χ3v) is 3.38. The van der Waals surface area contributed by atoms with Crippen LogP contribution in [0.1, 0.15) is 35.2 Å². The number of benzene rings is 1. The maximum Gasteiger partial charge on any atom is 0.251 e. The minimum Gasteiger partial charge on any atom is -0.352 e. The molecule has 1 aromatic carbocycles. The first-order valence-corrected chi connectivity index (χ1v) is 6.44. The molecule has 19 heavy (non-hydrogen) atoms. The van der Waals surface area contributed by atoms with Crippen molar-refractivity contribution in [3.63, 3.8) is 0 Å². The lowest BCUT2D eigenvalue weighted by molar-refractivity contribution is 0.0951. The Kier molecular flexibility index (Phi) is 6.25. The number of nitrogens with one attached hydrogen (secondary N) is 2. The Morgan fingerprint density at radius 1 is 1.53 bits per heavy atom. The van der Waals surface area contributed by atoms with Crippen LogP contribution in [0.4, 0.5) is 4.39 Å². The first-order valence-electron chi connectivity index (χ1n) is 6.44. The van der Waals surface area contributed by atoms with Crippen molar-refractivity contribution in [1.29, 1.82) is 0 Å². The predicted octanol–water partition coefficient (Wildman–Crippen LogP) is 2.43. The minimum atomic E-state index is -0.372. The molecule has 106 valence electrons. The zero-order chi connectivity index (χ0) is 13.0. The highest BCUT2D eigenvalue weighted by Gasteiger charge is 2.14. The number of hydrogen-bond donors (Lipinski definition) is 2. The van der Waals surface area contributed by atoms with Gasteiger partial charge in [0.05, 0.1) is 0 Å². The summed E-state index contributed by atoms with van der Waals surface area (Å²) in [4.78, 5) is 11.9. The molecule has 1 fully saturated rings. The molecule has 3 nitrogen and oxygen atoms in total. The summed E-state index contributed by atoms with van der Waals surface area (Å²) in [5.41, 5.74) is 1.22. The zero-order valence-electron chi connectivity index (χ0n) is 11.0. The van der Waals surface area contributed by atoms with Gasteiger partial charge in [0.2, 0.25) is 0 Å². The van der Waals surface area contributed by atoms with E-state index in [4.69, 9.17) is 0 Å². The van der Waals surface area contributed by atoms with Gasteiger partial charge < -0.3 is 10.6 Å². The summed E-state index contributed by atoms with van der Waals surface area (Å²) in [5, 5.41) is 6.23. The van der Waals surface area contributed by atoms with E-state index in [2.05, 4.69) is 10.6 Å². The minimum absolute atomic E-state index is 0. The van der Waals surface area contributed by atoms with Crippen LogP contribution in [-0.2, 0) is 0 Å². The van der Waals surface area contributed by atoms with Crippen molar-refractivity contribution in [2.75, 3.05) is 13.1 Å². The highest BCUT2D eigenvalue weighted by Crippen LogP contribution is 2.11. The zero-order valence-corrected chi connectivity index (χ0v) is 11.9. The van der Waals surface area contributed by atoms with Gasteiger partial charge >= 0.3 is 0 Å². The van der Waals surface area contributed by atoms with Crippen molar-refractivity contribution in [2.45, 2.75) is 32.2 Å². The normalized spacial score (nSPS) is 17.9. The Bertz CT molecular complexity index is 433. The van der Waals surface area contributed by atoms with Crippen molar-refractivity contribution < 1.29 is 9.18 Å². The molecule has 0 spiro atoms. The van der Waals surface area contributed by atoms with Crippen LogP contribution < -0.4 is 10.6 Å². The van der Waals surface area contributed by atoms with Crippen molar-refractivity contribution in [2.24, 2.45) is 0 Å². The van der Waals surface area contributed by atoms with Crippen molar-refractivity contribution in [3.8, 4) is 0 Å². The summed E-state index contributed by atoms with van der Waals surface area (Å²) in [6.45, 7) is 3.51. The molecule has 2 N–H and O–H groups in total. The first-order chi connectivity index (χ1) is 8.66. The van der Waals surface area contributed by atoms with E-state index in [1.54, 1.807) is 6.07 Å². The Morgan fingerprint density at radius 2 is 2.32 bits per heavy atom. The largest absolute Gasteiger partial charge is 0.352 e. The monoisotopic (exact) mass is 286 g/mol. The van der Waals surface area contributed by atoms with E-state index in [1.165, 1.54) is 25.0 Å². The molecule has 0 aliphatic carbocycles. The lowest BCUT2D eigenvalue weighted by Crippen LogP contribution is -2.31. The maximum absolute atomic E-state index is 13.1. The van der Waals surface area contributed by atoms with Crippen LogP contribution in [0, 0.1) is 12.7 Å². The van der Waals surface area contributed by atoms with E-state index in [9.17, 15) is 9.18 Å². The number of halogens is 2. The fraction of sp³-hybridized carbons (Fsp3) is 0.500. The topological polar surface area (TPSA) is 41.1 Å². The molecule has 1 heterocycles. The van der Waals surface area contributed by atoms with Crippen LogP contribution in [0.15, 0.2) is 18.2 Å². The van der Waals surface area contributed by atoms with E-state index in [1.807, 2.05) is 6.92 Å². The summed E-state index contributed by atoms with van der Waals surface area (Å²) in [7, 11) is 0. The number of rotatable bonds is 4. The second kappa shape index (κ2) is 7.46. The molecular weight excluding hydrogens is 267 g/mol. The Balaban J connectivity index is 0.00000180. The van der Waals surface area contributed by atoms with Crippen LogP contribution in [0.2, 0.25) is 0 Å². The van der Waals surface area contributed by atoms with Gasteiger partial charge in [0.15, 0.2) is 0 Å². The number of carbonyl (C=O) groups is 1. The fourth-order valence-corrected chi connectivity index (χ4v) is 2.30. The number of carbonyl (C=O) groups excluding carboxylic acids is 1. The van der Waals surface area contributed by atoms with Crippen molar-refractivity contribution in [3.05, 3.63) is 35.1 Å². The van der Waals surface area contributed by atoms with Crippen LogP contribution >= 0.6 is 12.4 Å². The van der Waals surface area contributed by atoms with E-state index in [0.717, 1.165) is 18.5 Å². The molecule has 0 aromatic heterocycles. The summed E-state index contributed by atoms with van der Waals surface area (Å²) in [5.74, 6) is -0.562. The number of hydrogen-bond acceptors (Lipinski definition) is 2. The van der Waals surface area contributed by atoms with Gasteiger partial charge in [-0.1, -0.05) is 6.07 Å². The summed E-state index contributed by atoms with van der Waals surface area (Å²) in [6.07, 6.45) is 3.32. The molecule has 0 saturated carbocycles. The molecule has 0 radical (unpaired) electrons. The second-order valence-electron chi connectivity index (χ2n) is 4.80. The third kappa shape index (κ3) is 4.48. The molecule has 5 heteroatoms. The summed E-state index contributed by atoms with van der Waals surface area (Å²) in [6, 6.07) is 4.80.